The van der Waals surface area contributed by atoms with Crippen LogP contribution in [0.25, 0.3) is 0 Å². The maximum Gasteiger partial charge on any atom is 0.387 e. The van der Waals surface area contributed by atoms with Crippen molar-refractivity contribution in [3.8, 4) is 11.5 Å². The Morgan fingerprint density at radius 3 is 2.44 bits per heavy atom. The lowest BCUT2D eigenvalue weighted by Gasteiger charge is -2.16. The van der Waals surface area contributed by atoms with Gasteiger partial charge in [0.05, 0.1) is 24.0 Å². The summed E-state index contributed by atoms with van der Waals surface area (Å²) in [5, 5.41) is 2.90. The quantitative estimate of drug-likeness (QED) is 0.727. The number of hydrogen-bond donors (Lipinski definition) is 1. The molecule has 134 valence electrons. The summed E-state index contributed by atoms with van der Waals surface area (Å²) in [7, 11) is 1.59. The van der Waals surface area contributed by atoms with E-state index in [0.29, 0.717) is 11.3 Å². The topological polar surface area (TPSA) is 47.6 Å². The Bertz CT molecular complexity index is 723. The molecule has 1 N–H and O–H groups in total. The second kappa shape index (κ2) is 8.80. The molecule has 2 rings (SSSR count). The predicted molar refractivity (Wildman–Crippen MR) is 94.0 cm³/mol. The molecule has 0 aliphatic rings. The molecule has 1 atom stereocenters. The molecule has 1 amide bonds. The minimum atomic E-state index is -2.86. The van der Waals surface area contributed by atoms with Gasteiger partial charge in [-0.1, -0.05) is 18.2 Å². The van der Waals surface area contributed by atoms with Crippen LogP contribution in [0.15, 0.2) is 46.9 Å². The molecule has 7 heteroatoms. The number of hydrogen-bond acceptors (Lipinski definition) is 3. The number of benzene rings is 2. The Labute approximate surface area is 153 Å². The zero-order valence-electron chi connectivity index (χ0n) is 13.8. The number of alkyl halides is 2. The molecule has 2 aromatic carbocycles. The molecule has 0 aromatic heterocycles. The zero-order chi connectivity index (χ0) is 18.4. The van der Waals surface area contributed by atoms with Crippen LogP contribution >= 0.6 is 15.9 Å². The highest BCUT2D eigenvalue weighted by Gasteiger charge is 2.12. The summed E-state index contributed by atoms with van der Waals surface area (Å²) in [5.74, 6) is 0.617. The molecule has 1 unspecified atom stereocenters. The lowest BCUT2D eigenvalue weighted by molar-refractivity contribution is -0.121. The monoisotopic (exact) mass is 413 g/mol. The van der Waals surface area contributed by atoms with Gasteiger partial charge in [0, 0.05) is 0 Å². The van der Waals surface area contributed by atoms with E-state index in [1.165, 1.54) is 12.1 Å². The molecule has 25 heavy (non-hydrogen) atoms. The highest BCUT2D eigenvalue weighted by Crippen LogP contribution is 2.28. The van der Waals surface area contributed by atoms with Crippen molar-refractivity contribution in [1.82, 2.24) is 5.32 Å². The van der Waals surface area contributed by atoms with Gasteiger partial charge in [-0.05, 0) is 58.2 Å². The van der Waals surface area contributed by atoms with Gasteiger partial charge in [-0.15, -0.1) is 0 Å². The number of carbonyl (C=O) groups excluding carboxylic acids is 1. The number of nitrogens with one attached hydrogen (secondary N) is 1. The summed E-state index contributed by atoms with van der Waals surface area (Å²) in [6, 6.07) is 11.4. The lowest BCUT2D eigenvalue weighted by atomic mass is 10.1. The van der Waals surface area contributed by atoms with E-state index < -0.39 is 6.61 Å². The summed E-state index contributed by atoms with van der Waals surface area (Å²) < 4.78 is 34.5. The summed E-state index contributed by atoms with van der Waals surface area (Å²) in [6.07, 6.45) is 0.149. The van der Waals surface area contributed by atoms with E-state index in [1.54, 1.807) is 19.2 Å². The molecule has 0 fully saturated rings. The number of methoxy groups -OCH3 is 1. The molecule has 0 heterocycles. The summed E-state index contributed by atoms with van der Waals surface area (Å²) in [4.78, 5) is 12.2. The number of halogens is 3. The van der Waals surface area contributed by atoms with Crippen LogP contribution in [0.3, 0.4) is 0 Å². The van der Waals surface area contributed by atoms with Crippen LogP contribution < -0.4 is 14.8 Å². The minimum Gasteiger partial charge on any atom is -0.496 e. The normalized spacial score (nSPS) is 11.9. The molecular formula is C18H18BrF2NO3. The maximum atomic E-state index is 12.2. The fraction of sp³-hybridized carbons (Fsp3) is 0.278. The Morgan fingerprint density at radius 1 is 1.20 bits per heavy atom. The molecule has 2 aromatic rings. The smallest absolute Gasteiger partial charge is 0.387 e. The van der Waals surface area contributed by atoms with Crippen molar-refractivity contribution < 1.29 is 23.0 Å². The van der Waals surface area contributed by atoms with Gasteiger partial charge >= 0.3 is 6.61 Å². The molecule has 0 spiro atoms. The van der Waals surface area contributed by atoms with Gasteiger partial charge in [0.1, 0.15) is 11.5 Å². The van der Waals surface area contributed by atoms with Crippen LogP contribution in [-0.2, 0) is 11.2 Å². The number of ether oxygens (including phenoxy) is 2. The highest BCUT2D eigenvalue weighted by atomic mass is 79.9. The first-order chi connectivity index (χ1) is 11.9. The van der Waals surface area contributed by atoms with Gasteiger partial charge < -0.3 is 14.8 Å². The van der Waals surface area contributed by atoms with Gasteiger partial charge in [-0.2, -0.15) is 8.78 Å². The second-order valence-electron chi connectivity index (χ2n) is 5.38. The Balaban J connectivity index is 1.94. The Hall–Kier alpha value is -2.15. The van der Waals surface area contributed by atoms with Crippen molar-refractivity contribution in [3.63, 3.8) is 0 Å². The third kappa shape index (κ3) is 5.70. The third-order valence-corrected chi connectivity index (χ3v) is 4.19. The number of amides is 1. The van der Waals surface area contributed by atoms with E-state index in [0.717, 1.165) is 10.0 Å². The zero-order valence-corrected chi connectivity index (χ0v) is 15.3. The fourth-order valence-corrected chi connectivity index (χ4v) is 2.86. The first-order valence-electron chi connectivity index (χ1n) is 7.55. The van der Waals surface area contributed by atoms with E-state index in [9.17, 15) is 13.6 Å². The van der Waals surface area contributed by atoms with Crippen LogP contribution in [-0.4, -0.2) is 19.6 Å². The van der Waals surface area contributed by atoms with Crippen molar-refractivity contribution >= 4 is 21.8 Å². The molecule has 0 bridgehead atoms. The van der Waals surface area contributed by atoms with Crippen molar-refractivity contribution in [3.05, 3.63) is 58.1 Å². The van der Waals surface area contributed by atoms with Gasteiger partial charge in [0.15, 0.2) is 0 Å². The average molecular weight is 414 g/mol. The number of rotatable bonds is 7. The SMILES string of the molecule is COc1ccc(C(C)NC(=O)Cc2ccc(OC(F)F)cc2)cc1Br. The lowest BCUT2D eigenvalue weighted by Crippen LogP contribution is -2.28. The van der Waals surface area contributed by atoms with Gasteiger partial charge in [0.25, 0.3) is 0 Å². The molecule has 0 aliphatic heterocycles. The van der Waals surface area contributed by atoms with Crippen LogP contribution in [0.5, 0.6) is 11.5 Å². The summed E-state index contributed by atoms with van der Waals surface area (Å²) in [6.45, 7) is -0.982. The second-order valence-corrected chi connectivity index (χ2v) is 6.24. The van der Waals surface area contributed by atoms with E-state index in [-0.39, 0.29) is 24.1 Å². The first kappa shape index (κ1) is 19.2. The summed E-state index contributed by atoms with van der Waals surface area (Å²) >= 11 is 3.42. The summed E-state index contributed by atoms with van der Waals surface area (Å²) in [5.41, 5.74) is 1.64. The highest BCUT2D eigenvalue weighted by molar-refractivity contribution is 9.10. The van der Waals surface area contributed by atoms with E-state index in [4.69, 9.17) is 4.74 Å². The minimum absolute atomic E-state index is 0.0654. The largest absolute Gasteiger partial charge is 0.496 e. The Morgan fingerprint density at radius 2 is 1.88 bits per heavy atom. The molecule has 0 saturated heterocycles. The Kier molecular flexibility index (Phi) is 6.75. The van der Waals surface area contributed by atoms with Gasteiger partial charge in [-0.25, -0.2) is 0 Å². The van der Waals surface area contributed by atoms with Crippen LogP contribution in [0.4, 0.5) is 8.78 Å². The average Bonchev–Trinajstić information content (AvgIpc) is 2.56. The van der Waals surface area contributed by atoms with Gasteiger partial charge in [0.2, 0.25) is 5.91 Å². The van der Waals surface area contributed by atoms with Crippen molar-refractivity contribution in [2.24, 2.45) is 0 Å². The predicted octanol–water partition coefficient (Wildman–Crippen LogP) is 4.48. The van der Waals surface area contributed by atoms with Crippen molar-refractivity contribution in [2.75, 3.05) is 7.11 Å². The standard InChI is InChI=1S/C18H18BrF2NO3/c1-11(13-5-8-16(24-2)15(19)10-13)22-17(23)9-12-3-6-14(7-4-12)25-18(20)21/h3-8,10-11,18H,9H2,1-2H3,(H,22,23). The third-order valence-electron chi connectivity index (χ3n) is 3.57. The fourth-order valence-electron chi connectivity index (χ4n) is 2.30. The molecule has 4 nitrogen and oxygen atoms in total. The number of carbonyl (C=O) groups is 1. The van der Waals surface area contributed by atoms with Crippen molar-refractivity contribution in [1.29, 1.82) is 0 Å². The first-order valence-corrected chi connectivity index (χ1v) is 8.35. The maximum absolute atomic E-state index is 12.2. The molecule has 0 saturated carbocycles. The van der Waals surface area contributed by atoms with E-state index in [2.05, 4.69) is 26.0 Å². The van der Waals surface area contributed by atoms with E-state index >= 15 is 0 Å². The molecule has 0 aliphatic carbocycles. The van der Waals surface area contributed by atoms with Crippen LogP contribution in [0.2, 0.25) is 0 Å². The van der Waals surface area contributed by atoms with Crippen molar-refractivity contribution in [2.45, 2.75) is 26.0 Å². The van der Waals surface area contributed by atoms with Gasteiger partial charge in [-0.3, -0.25) is 4.79 Å². The van der Waals surface area contributed by atoms with Crippen LogP contribution in [0.1, 0.15) is 24.1 Å². The molecule has 0 radical (unpaired) electrons. The van der Waals surface area contributed by atoms with E-state index in [1.807, 2.05) is 25.1 Å². The van der Waals surface area contributed by atoms with Crippen LogP contribution in [0, 0.1) is 0 Å². The molecular weight excluding hydrogens is 396 g/mol.